The second-order valence-corrected chi connectivity index (χ2v) is 9.53. The number of benzene rings is 1. The molecule has 0 aromatic heterocycles. The normalized spacial score (nSPS) is 28.0. The minimum atomic E-state index is -0.355. The predicted octanol–water partition coefficient (Wildman–Crippen LogP) is 8.14. The lowest BCUT2D eigenvalue weighted by Crippen LogP contribution is -2.16. The van der Waals surface area contributed by atoms with Gasteiger partial charge < -0.3 is 0 Å². The van der Waals surface area contributed by atoms with Gasteiger partial charge in [-0.25, -0.2) is 4.39 Å². The highest BCUT2D eigenvalue weighted by Gasteiger charge is 2.24. The average molecular weight is 384 g/mol. The molecule has 3 rings (SSSR count). The lowest BCUT2D eigenvalue weighted by atomic mass is 9.75. The van der Waals surface area contributed by atoms with Crippen LogP contribution in [-0.2, 0) is 0 Å². The third-order valence-corrected chi connectivity index (χ3v) is 7.59. The van der Waals surface area contributed by atoms with E-state index in [1.54, 1.807) is 12.1 Å². The summed E-state index contributed by atoms with van der Waals surface area (Å²) in [5, 5.41) is 8.89. The van der Waals surface area contributed by atoms with Gasteiger partial charge >= 0.3 is 0 Å². The van der Waals surface area contributed by atoms with Crippen molar-refractivity contribution in [1.82, 2.24) is 0 Å². The van der Waals surface area contributed by atoms with Gasteiger partial charge in [-0.15, -0.1) is 0 Å². The molecule has 154 valence electrons. The van der Waals surface area contributed by atoms with Gasteiger partial charge in [0.25, 0.3) is 0 Å². The fraction of sp³-hybridized carbons (Fsp3) is 0.731. The highest BCUT2D eigenvalue weighted by molar-refractivity contribution is 5.34. The molecule has 0 bridgehead atoms. The van der Waals surface area contributed by atoms with E-state index in [-0.39, 0.29) is 11.4 Å². The summed E-state index contributed by atoms with van der Waals surface area (Å²) in [6.45, 7) is 2.31. The van der Waals surface area contributed by atoms with Crippen LogP contribution in [0.25, 0.3) is 0 Å². The molecule has 2 aliphatic carbocycles. The molecule has 0 aliphatic heterocycles. The average Bonchev–Trinajstić information content (AvgIpc) is 2.73. The SMILES string of the molecule is CCCCC1CCC(CCCC2CCC(c3ccc(C#N)c(F)c3)CC2)CC1. The number of nitrogens with zero attached hydrogens (tertiary/aromatic N) is 1. The molecule has 2 heteroatoms. The fourth-order valence-electron chi connectivity index (χ4n) is 5.66. The van der Waals surface area contributed by atoms with Gasteiger partial charge in [0.1, 0.15) is 11.9 Å². The molecule has 0 atom stereocenters. The van der Waals surface area contributed by atoms with E-state index in [2.05, 4.69) is 6.92 Å². The van der Waals surface area contributed by atoms with Gasteiger partial charge in [0.05, 0.1) is 5.56 Å². The van der Waals surface area contributed by atoms with Crippen LogP contribution in [0.1, 0.15) is 114 Å². The molecule has 0 unspecified atom stereocenters. The summed E-state index contributed by atoms with van der Waals surface area (Å²) in [5.41, 5.74) is 1.26. The third-order valence-electron chi connectivity index (χ3n) is 7.59. The van der Waals surface area contributed by atoms with Crippen LogP contribution in [0.5, 0.6) is 0 Å². The van der Waals surface area contributed by atoms with E-state index in [0.717, 1.165) is 23.3 Å². The van der Waals surface area contributed by atoms with Crippen molar-refractivity contribution in [2.24, 2.45) is 17.8 Å². The largest absolute Gasteiger partial charge is 0.206 e. The number of hydrogen-bond donors (Lipinski definition) is 0. The zero-order valence-electron chi connectivity index (χ0n) is 17.8. The Labute approximate surface area is 171 Å². The van der Waals surface area contributed by atoms with Crippen LogP contribution in [0.15, 0.2) is 18.2 Å². The molecule has 0 amide bonds. The second kappa shape index (κ2) is 11.0. The summed E-state index contributed by atoms with van der Waals surface area (Å²) in [6.07, 6.45) is 19.3. The fourth-order valence-corrected chi connectivity index (χ4v) is 5.66. The zero-order valence-corrected chi connectivity index (χ0v) is 17.8. The maximum Gasteiger partial charge on any atom is 0.141 e. The highest BCUT2D eigenvalue weighted by atomic mass is 19.1. The first-order valence-corrected chi connectivity index (χ1v) is 11.9. The smallest absolute Gasteiger partial charge is 0.141 e. The van der Waals surface area contributed by atoms with Crippen molar-refractivity contribution < 1.29 is 4.39 Å². The molecule has 28 heavy (non-hydrogen) atoms. The Hall–Kier alpha value is -1.36. The van der Waals surface area contributed by atoms with E-state index in [0.29, 0.717) is 5.92 Å². The molecule has 0 spiro atoms. The van der Waals surface area contributed by atoms with Crippen molar-refractivity contribution >= 4 is 0 Å². The van der Waals surface area contributed by atoms with Gasteiger partial charge in [-0.2, -0.15) is 5.26 Å². The highest BCUT2D eigenvalue weighted by Crippen LogP contribution is 2.39. The van der Waals surface area contributed by atoms with Crippen LogP contribution < -0.4 is 0 Å². The third kappa shape index (κ3) is 6.07. The lowest BCUT2D eigenvalue weighted by molar-refractivity contribution is 0.235. The minimum absolute atomic E-state index is 0.164. The maximum absolute atomic E-state index is 13.9. The van der Waals surface area contributed by atoms with Gasteiger partial charge in [-0.3, -0.25) is 0 Å². The minimum Gasteiger partial charge on any atom is -0.206 e. The number of rotatable bonds is 8. The Morgan fingerprint density at radius 3 is 1.89 bits per heavy atom. The first kappa shape index (κ1) is 21.4. The molecule has 1 aromatic rings. The van der Waals surface area contributed by atoms with Crippen molar-refractivity contribution in [3.63, 3.8) is 0 Å². The van der Waals surface area contributed by atoms with Gasteiger partial charge in [-0.1, -0.05) is 77.2 Å². The van der Waals surface area contributed by atoms with Crippen LogP contribution in [0.2, 0.25) is 0 Å². The Balaban J connectivity index is 1.32. The van der Waals surface area contributed by atoms with E-state index in [9.17, 15) is 4.39 Å². The predicted molar refractivity (Wildman–Crippen MR) is 115 cm³/mol. The molecule has 0 radical (unpaired) electrons. The molecule has 0 N–H and O–H groups in total. The van der Waals surface area contributed by atoms with Gasteiger partial charge in [0.2, 0.25) is 0 Å². The Bertz CT molecular complexity index is 630. The van der Waals surface area contributed by atoms with Crippen molar-refractivity contribution in [1.29, 1.82) is 5.26 Å². The first-order valence-electron chi connectivity index (χ1n) is 11.9. The lowest BCUT2D eigenvalue weighted by Gasteiger charge is -2.31. The molecular formula is C26H38FN. The number of hydrogen-bond acceptors (Lipinski definition) is 1. The number of unbranched alkanes of at least 4 members (excludes halogenated alkanes) is 1. The molecular weight excluding hydrogens is 345 g/mol. The topological polar surface area (TPSA) is 23.8 Å². The summed E-state index contributed by atoms with van der Waals surface area (Å²) in [6, 6.07) is 7.12. The van der Waals surface area contributed by atoms with Crippen molar-refractivity contribution in [2.45, 2.75) is 103 Å². The van der Waals surface area contributed by atoms with E-state index in [4.69, 9.17) is 5.26 Å². The summed E-state index contributed by atoms with van der Waals surface area (Å²) in [5.74, 6) is 3.03. The standard InChI is InChI=1S/C26H38FN/c1-2-3-5-20-8-10-21(11-9-20)6-4-7-22-12-14-23(15-13-22)24-16-17-25(19-28)26(27)18-24/h16-18,20-23H,2-15H2,1H3. The molecule has 0 saturated heterocycles. The van der Waals surface area contributed by atoms with Crippen molar-refractivity contribution in [2.75, 3.05) is 0 Å². The monoisotopic (exact) mass is 383 g/mol. The summed E-state index contributed by atoms with van der Waals surface area (Å²) in [7, 11) is 0. The quantitative estimate of drug-likeness (QED) is 0.444. The number of halogens is 1. The Kier molecular flexibility index (Phi) is 8.38. The van der Waals surface area contributed by atoms with Gasteiger partial charge in [-0.05, 0) is 67.1 Å². The van der Waals surface area contributed by atoms with E-state index in [1.807, 2.05) is 12.1 Å². The molecule has 1 nitrogen and oxygen atoms in total. The zero-order chi connectivity index (χ0) is 19.8. The summed E-state index contributed by atoms with van der Waals surface area (Å²) in [4.78, 5) is 0. The molecule has 0 heterocycles. The van der Waals surface area contributed by atoms with E-state index >= 15 is 0 Å². The van der Waals surface area contributed by atoms with Gasteiger partial charge in [0, 0.05) is 0 Å². The van der Waals surface area contributed by atoms with E-state index < -0.39 is 0 Å². The first-order chi connectivity index (χ1) is 13.7. The molecule has 1 aromatic carbocycles. The summed E-state index contributed by atoms with van der Waals surface area (Å²) < 4.78 is 13.9. The summed E-state index contributed by atoms with van der Waals surface area (Å²) >= 11 is 0. The molecule has 2 saturated carbocycles. The van der Waals surface area contributed by atoms with Gasteiger partial charge in [0.15, 0.2) is 0 Å². The maximum atomic E-state index is 13.9. The van der Waals surface area contributed by atoms with E-state index in [1.165, 1.54) is 89.9 Å². The van der Waals surface area contributed by atoms with Crippen LogP contribution >= 0.6 is 0 Å². The second-order valence-electron chi connectivity index (χ2n) is 9.53. The van der Waals surface area contributed by atoms with Crippen LogP contribution in [-0.4, -0.2) is 0 Å². The Morgan fingerprint density at radius 2 is 1.39 bits per heavy atom. The van der Waals surface area contributed by atoms with Crippen molar-refractivity contribution in [3.05, 3.63) is 35.1 Å². The Morgan fingerprint density at radius 1 is 0.857 bits per heavy atom. The number of nitriles is 1. The van der Waals surface area contributed by atoms with Crippen LogP contribution in [0, 0.1) is 34.9 Å². The molecule has 2 fully saturated rings. The van der Waals surface area contributed by atoms with Crippen molar-refractivity contribution in [3.8, 4) is 6.07 Å². The van der Waals surface area contributed by atoms with Crippen LogP contribution in [0.4, 0.5) is 4.39 Å². The molecule has 2 aliphatic rings. The van der Waals surface area contributed by atoms with Crippen LogP contribution in [0.3, 0.4) is 0 Å².